The van der Waals surface area contributed by atoms with E-state index >= 15 is 0 Å². The first-order chi connectivity index (χ1) is 16.4. The molecule has 2 unspecified atom stereocenters. The van der Waals surface area contributed by atoms with Crippen molar-refractivity contribution < 1.29 is 8.78 Å². The van der Waals surface area contributed by atoms with Gasteiger partial charge in [0.15, 0.2) is 0 Å². The molecule has 9 heteroatoms. The summed E-state index contributed by atoms with van der Waals surface area (Å²) < 4.78 is 28.7. The van der Waals surface area contributed by atoms with Gasteiger partial charge in [-0.05, 0) is 44.2 Å². The molecule has 2 atom stereocenters. The molecular weight excluding hydrogens is 436 g/mol. The second-order valence-electron chi connectivity index (χ2n) is 10.0. The monoisotopic (exact) mass is 463 g/mol. The van der Waals surface area contributed by atoms with E-state index in [-0.39, 0.29) is 12.8 Å². The highest BCUT2D eigenvalue weighted by molar-refractivity contribution is 5.81. The van der Waals surface area contributed by atoms with E-state index in [9.17, 15) is 14.0 Å². The van der Waals surface area contributed by atoms with E-state index in [1.807, 2.05) is 31.5 Å². The number of hydrogen-bond donors (Lipinski definition) is 0. The predicted octanol–water partition coefficient (Wildman–Crippen LogP) is 4.06. The first-order valence-corrected chi connectivity index (χ1v) is 12.0. The fourth-order valence-corrected chi connectivity index (χ4v) is 5.88. The molecule has 0 amide bonds. The van der Waals surface area contributed by atoms with E-state index in [4.69, 9.17) is 4.98 Å². The molecule has 4 fully saturated rings. The first kappa shape index (κ1) is 21.4. The van der Waals surface area contributed by atoms with Gasteiger partial charge in [-0.3, -0.25) is 4.90 Å². The van der Waals surface area contributed by atoms with Crippen LogP contribution >= 0.6 is 0 Å². The number of alkyl halides is 2. The van der Waals surface area contributed by atoms with Crippen LogP contribution in [0.25, 0.3) is 16.8 Å². The van der Waals surface area contributed by atoms with Crippen molar-refractivity contribution in [2.75, 3.05) is 24.5 Å². The van der Waals surface area contributed by atoms with Gasteiger partial charge in [-0.2, -0.15) is 10.4 Å². The fraction of sp³-hybridized carbons (Fsp3) is 0.520. The zero-order valence-electron chi connectivity index (χ0n) is 19.2. The zero-order chi connectivity index (χ0) is 23.4. The van der Waals surface area contributed by atoms with Gasteiger partial charge in [-0.1, -0.05) is 0 Å². The van der Waals surface area contributed by atoms with Gasteiger partial charge in [-0.25, -0.2) is 23.3 Å². The minimum atomic E-state index is -2.45. The molecular formula is C25H27F2N7. The highest BCUT2D eigenvalue weighted by Crippen LogP contribution is 2.40. The van der Waals surface area contributed by atoms with Crippen molar-refractivity contribution in [3.8, 4) is 17.3 Å². The van der Waals surface area contributed by atoms with Crippen LogP contribution in [0.3, 0.4) is 0 Å². The molecule has 0 N–H and O–H groups in total. The van der Waals surface area contributed by atoms with E-state index in [1.165, 1.54) is 6.42 Å². The van der Waals surface area contributed by atoms with Gasteiger partial charge >= 0.3 is 0 Å². The normalized spacial score (nSPS) is 24.7. The Bertz CT molecular complexity index is 1240. The molecule has 176 valence electrons. The van der Waals surface area contributed by atoms with Crippen molar-refractivity contribution in [1.82, 2.24) is 24.5 Å². The van der Waals surface area contributed by atoms with Gasteiger partial charge < -0.3 is 4.90 Å². The number of piperazine rings is 1. The number of nitrogens with zero attached hydrogens (tertiary/aromatic N) is 7. The van der Waals surface area contributed by atoms with Crippen molar-refractivity contribution in [2.45, 2.75) is 57.0 Å². The number of halogens is 2. The van der Waals surface area contributed by atoms with E-state index < -0.39 is 5.92 Å². The maximum Gasteiger partial charge on any atom is 0.248 e. The topological polar surface area (TPSA) is 73.4 Å². The summed E-state index contributed by atoms with van der Waals surface area (Å²) in [5.41, 5.74) is 3.56. The van der Waals surface area contributed by atoms with E-state index in [0.717, 1.165) is 36.7 Å². The SMILES string of the molecule is Cc1cn2ncc(C#N)c2c(-c2ccc(N3CC4CC(C3)N4CC3CCC(F)(F)CC3)nc2)n1. The van der Waals surface area contributed by atoms with Crippen LogP contribution in [0.2, 0.25) is 0 Å². The van der Waals surface area contributed by atoms with Gasteiger partial charge in [0.1, 0.15) is 23.0 Å². The Morgan fingerprint density at radius 2 is 1.91 bits per heavy atom. The summed E-state index contributed by atoms with van der Waals surface area (Å²) in [7, 11) is 0. The molecule has 0 aromatic carbocycles. The predicted molar refractivity (Wildman–Crippen MR) is 124 cm³/mol. The summed E-state index contributed by atoms with van der Waals surface area (Å²) in [6.07, 6.45) is 7.74. The third-order valence-electron chi connectivity index (χ3n) is 7.73. The van der Waals surface area contributed by atoms with Crippen LogP contribution in [0.5, 0.6) is 0 Å². The number of aryl methyl sites for hydroxylation is 1. The minimum Gasteiger partial charge on any atom is -0.353 e. The molecule has 34 heavy (non-hydrogen) atoms. The van der Waals surface area contributed by atoms with Crippen molar-refractivity contribution >= 4 is 11.3 Å². The van der Waals surface area contributed by atoms with E-state index in [2.05, 4.69) is 26.0 Å². The number of aromatic nitrogens is 4. The summed E-state index contributed by atoms with van der Waals surface area (Å²) in [4.78, 5) is 14.3. The Hall–Kier alpha value is -3.12. The smallest absolute Gasteiger partial charge is 0.248 e. The molecule has 1 aliphatic carbocycles. The Kier molecular flexibility index (Phi) is 5.03. The lowest BCUT2D eigenvalue weighted by molar-refractivity contribution is -0.0651. The standard InChI is InChI=1S/C25H27F2N7/c1-16-12-34-24(19(9-28)11-30-34)23(31-16)18-2-3-22(29-10-18)32-14-20-8-21(15-32)33(20)13-17-4-6-25(26,27)7-5-17/h2-3,10-12,17,20-21H,4-8,13-15H2,1H3. The number of rotatable bonds is 4. The van der Waals surface area contributed by atoms with Crippen LogP contribution in [-0.4, -0.2) is 62.1 Å². The highest BCUT2D eigenvalue weighted by Gasteiger charge is 2.46. The lowest BCUT2D eigenvalue weighted by Gasteiger charge is -2.57. The van der Waals surface area contributed by atoms with Crippen LogP contribution in [0.1, 0.15) is 43.4 Å². The summed E-state index contributed by atoms with van der Waals surface area (Å²) in [5.74, 6) is -1.12. The highest BCUT2D eigenvalue weighted by atomic mass is 19.3. The minimum absolute atomic E-state index is 0.0422. The van der Waals surface area contributed by atoms with Gasteiger partial charge in [0.05, 0.1) is 23.8 Å². The molecule has 0 radical (unpaired) electrons. The third-order valence-corrected chi connectivity index (χ3v) is 7.73. The molecule has 7 nitrogen and oxygen atoms in total. The molecule has 1 saturated carbocycles. The Balaban J connectivity index is 1.15. The molecule has 3 saturated heterocycles. The average Bonchev–Trinajstić information content (AvgIpc) is 3.26. The lowest BCUT2D eigenvalue weighted by atomic mass is 9.82. The molecule has 7 rings (SSSR count). The molecule has 3 aliphatic heterocycles. The lowest BCUT2D eigenvalue weighted by Crippen LogP contribution is -2.69. The Morgan fingerprint density at radius 3 is 2.59 bits per heavy atom. The van der Waals surface area contributed by atoms with Gasteiger partial charge in [-0.15, -0.1) is 0 Å². The quantitative estimate of drug-likeness (QED) is 0.581. The number of pyridine rings is 1. The fourth-order valence-electron chi connectivity index (χ4n) is 5.88. The Labute approximate surface area is 197 Å². The molecule has 0 spiro atoms. The first-order valence-electron chi connectivity index (χ1n) is 12.0. The molecule has 2 bridgehead atoms. The second-order valence-corrected chi connectivity index (χ2v) is 10.0. The number of hydrogen-bond acceptors (Lipinski definition) is 6. The molecule has 6 heterocycles. The van der Waals surface area contributed by atoms with Crippen molar-refractivity contribution in [2.24, 2.45) is 5.92 Å². The van der Waals surface area contributed by atoms with Crippen LogP contribution in [0.4, 0.5) is 14.6 Å². The van der Waals surface area contributed by atoms with Gasteiger partial charge in [0.25, 0.3) is 0 Å². The summed E-state index contributed by atoms with van der Waals surface area (Å²) >= 11 is 0. The summed E-state index contributed by atoms with van der Waals surface area (Å²) in [6.45, 7) is 4.69. The maximum atomic E-state index is 13.5. The van der Waals surface area contributed by atoms with Crippen molar-refractivity contribution in [3.05, 3.63) is 42.0 Å². The molecule has 4 aliphatic rings. The van der Waals surface area contributed by atoms with Crippen molar-refractivity contribution in [3.63, 3.8) is 0 Å². The number of nitriles is 1. The maximum absolute atomic E-state index is 13.5. The van der Waals surface area contributed by atoms with Crippen LogP contribution in [0, 0.1) is 24.2 Å². The van der Waals surface area contributed by atoms with Crippen molar-refractivity contribution in [1.29, 1.82) is 5.26 Å². The zero-order valence-corrected chi connectivity index (χ0v) is 19.2. The summed E-state index contributed by atoms with van der Waals surface area (Å²) in [6, 6.07) is 7.19. The summed E-state index contributed by atoms with van der Waals surface area (Å²) in [5, 5.41) is 13.7. The average molecular weight is 464 g/mol. The van der Waals surface area contributed by atoms with Gasteiger partial charge in [0.2, 0.25) is 5.92 Å². The van der Waals surface area contributed by atoms with E-state index in [0.29, 0.717) is 47.6 Å². The number of anilines is 1. The molecule has 3 aromatic heterocycles. The van der Waals surface area contributed by atoms with Crippen LogP contribution in [-0.2, 0) is 0 Å². The van der Waals surface area contributed by atoms with Gasteiger partial charge in [0, 0.05) is 56.3 Å². The Morgan fingerprint density at radius 1 is 1.15 bits per heavy atom. The third kappa shape index (κ3) is 3.70. The largest absolute Gasteiger partial charge is 0.353 e. The van der Waals surface area contributed by atoms with Crippen LogP contribution in [0.15, 0.2) is 30.7 Å². The molecule has 3 aromatic rings. The van der Waals surface area contributed by atoms with Crippen LogP contribution < -0.4 is 4.90 Å². The second kappa shape index (κ2) is 7.98. The number of fused-ring (bicyclic) bond motifs is 3. The van der Waals surface area contributed by atoms with E-state index in [1.54, 1.807) is 10.7 Å². The number of piperidine rings is 1.